The van der Waals surface area contributed by atoms with Crippen LogP contribution in [0.2, 0.25) is 0 Å². The molecule has 4 heteroatoms. The van der Waals surface area contributed by atoms with E-state index >= 15 is 0 Å². The van der Waals surface area contributed by atoms with Crippen molar-refractivity contribution in [1.82, 2.24) is 0 Å². The normalized spacial score (nSPS) is 25.5. The molecule has 2 aliphatic rings. The molecule has 4 rings (SSSR count). The van der Waals surface area contributed by atoms with Gasteiger partial charge in [0.15, 0.2) is 6.10 Å². The molecule has 0 bridgehead atoms. The molecule has 1 saturated heterocycles. The maximum Gasteiger partial charge on any atom is 0.260 e. The molecular formula is C19H19NO2S. The number of anilines is 1. The summed E-state index contributed by atoms with van der Waals surface area (Å²) >= 11 is 1.73. The van der Waals surface area contributed by atoms with E-state index in [9.17, 15) is 4.79 Å². The average molecular weight is 325 g/mol. The van der Waals surface area contributed by atoms with E-state index in [1.54, 1.807) is 11.8 Å². The lowest BCUT2D eigenvalue weighted by molar-refractivity contribution is -0.146. The van der Waals surface area contributed by atoms with Crippen LogP contribution in [0.3, 0.4) is 0 Å². The summed E-state index contributed by atoms with van der Waals surface area (Å²) in [6.07, 6.45) is 3.65. The van der Waals surface area contributed by atoms with Crippen LogP contribution in [-0.2, 0) is 22.6 Å². The fraction of sp³-hybridized carbons (Fsp3) is 0.316. The van der Waals surface area contributed by atoms with Crippen molar-refractivity contribution in [2.24, 2.45) is 0 Å². The van der Waals surface area contributed by atoms with Gasteiger partial charge >= 0.3 is 0 Å². The highest BCUT2D eigenvalue weighted by atomic mass is 32.2. The molecule has 0 aliphatic carbocycles. The zero-order valence-electron chi connectivity index (χ0n) is 13.1. The average Bonchev–Trinajstić information content (AvgIpc) is 2.61. The van der Waals surface area contributed by atoms with E-state index in [1.165, 1.54) is 5.56 Å². The maximum atomic E-state index is 12.7. The Morgan fingerprint density at radius 3 is 2.70 bits per heavy atom. The lowest BCUT2D eigenvalue weighted by atomic mass is 9.84. The molecule has 2 atom stereocenters. The minimum atomic E-state index is -0.355. The Morgan fingerprint density at radius 1 is 1.17 bits per heavy atom. The number of aryl methyl sites for hydroxylation is 1. The molecule has 2 unspecified atom stereocenters. The van der Waals surface area contributed by atoms with E-state index < -0.39 is 0 Å². The van der Waals surface area contributed by atoms with Crippen molar-refractivity contribution in [3.63, 3.8) is 0 Å². The number of β-lactam (4-membered cyclic amide) rings is 1. The van der Waals surface area contributed by atoms with Gasteiger partial charge in [0.25, 0.3) is 5.91 Å². The predicted octanol–water partition coefficient (Wildman–Crippen LogP) is 3.62. The second-order valence-corrected chi connectivity index (χ2v) is 7.14. The molecule has 1 amide bonds. The number of hydrogen-bond acceptors (Lipinski definition) is 3. The van der Waals surface area contributed by atoms with E-state index in [0.29, 0.717) is 6.61 Å². The van der Waals surface area contributed by atoms with E-state index in [0.717, 1.165) is 24.1 Å². The quantitative estimate of drug-likeness (QED) is 0.804. The number of thioether (sulfide) groups is 1. The first kappa shape index (κ1) is 14.8. The van der Waals surface area contributed by atoms with Crippen LogP contribution in [0.5, 0.6) is 0 Å². The standard InChI is InChI=1S/C19H19NO2S/c1-23-19-12-11-15-9-5-6-10-16(15)20(19)18(21)17(19)22-13-14-7-3-2-4-8-14/h2-10,17H,11-13H2,1H3. The van der Waals surface area contributed by atoms with Gasteiger partial charge in [0.05, 0.1) is 6.61 Å². The molecule has 0 saturated carbocycles. The van der Waals surface area contributed by atoms with Crippen molar-refractivity contribution < 1.29 is 9.53 Å². The predicted molar refractivity (Wildman–Crippen MR) is 93.5 cm³/mol. The highest BCUT2D eigenvalue weighted by Gasteiger charge is 2.63. The van der Waals surface area contributed by atoms with Crippen molar-refractivity contribution in [3.8, 4) is 0 Å². The van der Waals surface area contributed by atoms with Gasteiger partial charge in [-0.2, -0.15) is 0 Å². The topological polar surface area (TPSA) is 29.5 Å². The fourth-order valence-electron chi connectivity index (χ4n) is 3.62. The Balaban J connectivity index is 1.58. The summed E-state index contributed by atoms with van der Waals surface area (Å²) in [6, 6.07) is 18.2. The van der Waals surface area contributed by atoms with Gasteiger partial charge in [0, 0.05) is 5.69 Å². The summed E-state index contributed by atoms with van der Waals surface area (Å²) in [4.78, 5) is 14.4. The number of hydrogen-bond donors (Lipinski definition) is 0. The minimum Gasteiger partial charge on any atom is -0.360 e. The molecule has 118 valence electrons. The van der Waals surface area contributed by atoms with Crippen LogP contribution < -0.4 is 4.90 Å². The van der Waals surface area contributed by atoms with E-state index in [2.05, 4.69) is 12.3 Å². The molecule has 23 heavy (non-hydrogen) atoms. The van der Waals surface area contributed by atoms with E-state index in [1.807, 2.05) is 53.4 Å². The minimum absolute atomic E-state index is 0.0856. The van der Waals surface area contributed by atoms with Crippen molar-refractivity contribution in [3.05, 3.63) is 65.7 Å². The zero-order valence-corrected chi connectivity index (χ0v) is 13.9. The first-order valence-corrected chi connectivity index (χ1v) is 9.11. The highest BCUT2D eigenvalue weighted by Crippen LogP contribution is 2.52. The zero-order chi connectivity index (χ0) is 15.9. The third-order valence-electron chi connectivity index (χ3n) is 4.83. The smallest absolute Gasteiger partial charge is 0.260 e. The lowest BCUT2D eigenvalue weighted by Crippen LogP contribution is -2.75. The van der Waals surface area contributed by atoms with Gasteiger partial charge in [0.2, 0.25) is 0 Å². The lowest BCUT2D eigenvalue weighted by Gasteiger charge is -2.58. The van der Waals surface area contributed by atoms with Gasteiger partial charge in [-0.05, 0) is 36.3 Å². The van der Waals surface area contributed by atoms with Gasteiger partial charge in [-0.3, -0.25) is 9.69 Å². The molecule has 3 nitrogen and oxygen atoms in total. The number of nitrogens with zero attached hydrogens (tertiary/aromatic N) is 1. The van der Waals surface area contributed by atoms with Crippen molar-refractivity contribution >= 4 is 23.4 Å². The Labute approximate surface area is 140 Å². The molecule has 2 aromatic rings. The summed E-state index contributed by atoms with van der Waals surface area (Å²) in [7, 11) is 0. The van der Waals surface area contributed by atoms with Crippen LogP contribution in [0, 0.1) is 0 Å². The second-order valence-electron chi connectivity index (χ2n) is 6.03. The summed E-state index contributed by atoms with van der Waals surface area (Å²) in [6.45, 7) is 0.481. The van der Waals surface area contributed by atoms with Gasteiger partial charge in [-0.1, -0.05) is 48.5 Å². The summed E-state index contributed by atoms with van der Waals surface area (Å²) in [5, 5.41) is 0. The van der Waals surface area contributed by atoms with Crippen LogP contribution in [0.15, 0.2) is 54.6 Å². The number of benzene rings is 2. The summed E-state index contributed by atoms with van der Waals surface area (Å²) < 4.78 is 6.04. The Kier molecular flexibility index (Phi) is 3.66. The van der Waals surface area contributed by atoms with Gasteiger partial charge < -0.3 is 4.74 Å². The molecule has 1 fully saturated rings. The molecular weight excluding hydrogens is 306 g/mol. The Morgan fingerprint density at radius 2 is 1.91 bits per heavy atom. The summed E-state index contributed by atoms with van der Waals surface area (Å²) in [5.74, 6) is 0.0856. The molecule has 0 aromatic heterocycles. The van der Waals surface area contributed by atoms with Gasteiger partial charge in [-0.15, -0.1) is 11.8 Å². The largest absolute Gasteiger partial charge is 0.360 e. The SMILES string of the molecule is CSC12CCc3ccccc3N1C(=O)C2OCc1ccccc1. The maximum absolute atomic E-state index is 12.7. The number of carbonyl (C=O) groups is 1. The molecule has 0 spiro atoms. The number of carbonyl (C=O) groups excluding carboxylic acids is 1. The molecule has 0 radical (unpaired) electrons. The summed E-state index contributed by atoms with van der Waals surface area (Å²) in [5.41, 5.74) is 3.41. The first-order valence-electron chi connectivity index (χ1n) is 7.89. The van der Waals surface area contributed by atoms with Crippen LogP contribution in [0.4, 0.5) is 5.69 Å². The highest BCUT2D eigenvalue weighted by molar-refractivity contribution is 8.00. The molecule has 2 aromatic carbocycles. The number of para-hydroxylation sites is 1. The van der Waals surface area contributed by atoms with E-state index in [4.69, 9.17) is 4.74 Å². The van der Waals surface area contributed by atoms with Gasteiger partial charge in [0.1, 0.15) is 4.87 Å². The second kappa shape index (κ2) is 5.69. The molecule has 2 heterocycles. The number of fused-ring (bicyclic) bond motifs is 3. The van der Waals surface area contributed by atoms with Crippen LogP contribution >= 0.6 is 11.8 Å². The van der Waals surface area contributed by atoms with Crippen LogP contribution in [-0.4, -0.2) is 23.1 Å². The Hall–Kier alpha value is -1.78. The number of amides is 1. The monoisotopic (exact) mass is 325 g/mol. The number of ether oxygens (including phenoxy) is 1. The molecule has 2 aliphatic heterocycles. The van der Waals surface area contributed by atoms with Gasteiger partial charge in [-0.25, -0.2) is 0 Å². The van der Waals surface area contributed by atoms with Crippen molar-refractivity contribution in [2.45, 2.75) is 30.4 Å². The third kappa shape index (κ3) is 2.20. The fourth-order valence-corrected chi connectivity index (χ4v) is 4.68. The Bertz CT molecular complexity index is 733. The van der Waals surface area contributed by atoms with Crippen molar-refractivity contribution in [1.29, 1.82) is 0 Å². The van der Waals surface area contributed by atoms with E-state index in [-0.39, 0.29) is 16.9 Å². The van der Waals surface area contributed by atoms with Crippen molar-refractivity contribution in [2.75, 3.05) is 11.2 Å². The third-order valence-corrected chi connectivity index (χ3v) is 6.14. The first-order chi connectivity index (χ1) is 11.3. The van der Waals surface area contributed by atoms with Crippen LogP contribution in [0.1, 0.15) is 17.5 Å². The molecule has 0 N–H and O–H groups in total. The number of rotatable bonds is 4. The van der Waals surface area contributed by atoms with Crippen LogP contribution in [0.25, 0.3) is 0 Å².